The minimum atomic E-state index is -0.664. The van der Waals surface area contributed by atoms with E-state index in [1.54, 1.807) is 0 Å². The molecule has 0 aliphatic carbocycles. The predicted octanol–water partition coefficient (Wildman–Crippen LogP) is 4.68. The van der Waals surface area contributed by atoms with Gasteiger partial charge in [0.1, 0.15) is 18.5 Å². The molecule has 168 valence electrons. The Bertz CT molecular complexity index is 962. The van der Waals surface area contributed by atoms with Gasteiger partial charge >= 0.3 is 0 Å². The number of hydrogen-bond acceptors (Lipinski definition) is 4. The number of unbranched alkanes of at least 4 members (excludes halogenated alkanes) is 2. The summed E-state index contributed by atoms with van der Waals surface area (Å²) in [5.74, 6) is 1.39. The van der Waals surface area contributed by atoms with Gasteiger partial charge in [-0.05, 0) is 69.4 Å². The number of nitrogens with one attached hydrogen (secondary N) is 1. The van der Waals surface area contributed by atoms with Crippen LogP contribution >= 0.6 is 0 Å². The van der Waals surface area contributed by atoms with Gasteiger partial charge in [0.25, 0.3) is 0 Å². The molecule has 0 bridgehead atoms. The normalized spacial score (nSPS) is 17.9. The van der Waals surface area contributed by atoms with Crippen LogP contribution in [0.3, 0.4) is 0 Å². The maximum Gasteiger partial charge on any atom is 0.129 e. The van der Waals surface area contributed by atoms with Crippen LogP contribution in [0.5, 0.6) is 5.75 Å². The van der Waals surface area contributed by atoms with E-state index < -0.39 is 6.10 Å². The molecular formula is C26H37N3O2. The highest BCUT2D eigenvalue weighted by Crippen LogP contribution is 2.33. The van der Waals surface area contributed by atoms with Gasteiger partial charge in [-0.2, -0.15) is 0 Å². The second-order valence-electron chi connectivity index (χ2n) is 9.12. The van der Waals surface area contributed by atoms with Crippen molar-refractivity contribution in [2.24, 2.45) is 11.7 Å². The second kappa shape index (κ2) is 10.5. The van der Waals surface area contributed by atoms with E-state index in [0.717, 1.165) is 47.1 Å². The van der Waals surface area contributed by atoms with Gasteiger partial charge < -0.3 is 25.5 Å². The van der Waals surface area contributed by atoms with Gasteiger partial charge in [-0.3, -0.25) is 0 Å². The maximum atomic E-state index is 10.7. The Kier molecular flexibility index (Phi) is 7.49. The molecule has 4 rings (SSSR count). The Hall–Kier alpha value is -2.08. The van der Waals surface area contributed by atoms with E-state index >= 15 is 0 Å². The van der Waals surface area contributed by atoms with Gasteiger partial charge in [0.2, 0.25) is 0 Å². The van der Waals surface area contributed by atoms with Gasteiger partial charge in [0, 0.05) is 22.3 Å². The molecule has 5 heteroatoms. The monoisotopic (exact) mass is 423 g/mol. The minimum absolute atomic E-state index is 0.218. The smallest absolute Gasteiger partial charge is 0.129 e. The van der Waals surface area contributed by atoms with Crippen molar-refractivity contribution in [1.29, 1.82) is 0 Å². The second-order valence-corrected chi connectivity index (χ2v) is 9.12. The molecule has 2 heterocycles. The van der Waals surface area contributed by atoms with E-state index in [1.807, 2.05) is 24.3 Å². The summed E-state index contributed by atoms with van der Waals surface area (Å²) in [4.78, 5) is 6.01. The summed E-state index contributed by atoms with van der Waals surface area (Å²) in [6, 6.07) is 14.0. The van der Waals surface area contributed by atoms with Crippen molar-refractivity contribution in [3.8, 4) is 5.75 Å². The fraction of sp³-hybridized carbons (Fsp3) is 0.538. The molecule has 0 radical (unpaired) electrons. The number of fused-ring (bicyclic) bond motifs is 3. The summed E-state index contributed by atoms with van der Waals surface area (Å²) in [5, 5.41) is 12.9. The SMILES string of the molecule is CCCCCN1CCC(CC(N)[C@H](O)COc2cccc3[nH]c4ccccc4c23)CC1. The standard InChI is InChI=1S/C26H37N3O2/c1-2-3-6-14-29-15-12-19(13-16-29)17-21(27)24(30)18-31-25-11-7-10-23-26(25)20-8-4-5-9-22(20)28-23/h4-5,7-11,19,21,24,28,30H,2-3,6,12-18,27H2,1H3/t21?,24-/m1/s1. The minimum Gasteiger partial charge on any atom is -0.490 e. The molecule has 0 saturated carbocycles. The third-order valence-electron chi connectivity index (χ3n) is 6.79. The van der Waals surface area contributed by atoms with Crippen molar-refractivity contribution in [1.82, 2.24) is 9.88 Å². The van der Waals surface area contributed by atoms with Crippen molar-refractivity contribution in [2.75, 3.05) is 26.2 Å². The molecule has 5 nitrogen and oxygen atoms in total. The molecule has 1 aromatic heterocycles. The van der Waals surface area contributed by atoms with E-state index in [1.165, 1.54) is 38.6 Å². The number of aliphatic hydroxyl groups is 1. The third kappa shape index (κ3) is 5.40. The van der Waals surface area contributed by atoms with Gasteiger partial charge in [0.15, 0.2) is 0 Å². The first-order valence-corrected chi connectivity index (χ1v) is 11.9. The molecule has 3 aromatic rings. The summed E-state index contributed by atoms with van der Waals surface area (Å²) in [6.07, 6.45) is 6.47. The summed E-state index contributed by atoms with van der Waals surface area (Å²) in [7, 11) is 0. The number of para-hydroxylation sites is 1. The molecule has 4 N–H and O–H groups in total. The first-order chi connectivity index (χ1) is 15.2. The zero-order chi connectivity index (χ0) is 21.6. The molecule has 1 saturated heterocycles. The number of aliphatic hydroxyl groups excluding tert-OH is 1. The van der Waals surface area contributed by atoms with Crippen LogP contribution in [0.15, 0.2) is 42.5 Å². The van der Waals surface area contributed by atoms with Crippen molar-refractivity contribution in [3.05, 3.63) is 42.5 Å². The van der Waals surface area contributed by atoms with Crippen LogP contribution in [0.4, 0.5) is 0 Å². The molecule has 0 spiro atoms. The van der Waals surface area contributed by atoms with Crippen LogP contribution in [-0.4, -0.2) is 53.4 Å². The Morgan fingerprint density at radius 3 is 2.68 bits per heavy atom. The number of ether oxygens (including phenoxy) is 1. The number of hydrogen-bond donors (Lipinski definition) is 3. The van der Waals surface area contributed by atoms with Crippen molar-refractivity contribution < 1.29 is 9.84 Å². The summed E-state index contributed by atoms with van der Waals surface area (Å²) in [6.45, 7) is 6.02. The van der Waals surface area contributed by atoms with Crippen LogP contribution in [0.1, 0.15) is 45.4 Å². The number of nitrogens with two attached hydrogens (primary N) is 1. The van der Waals surface area contributed by atoms with Crippen molar-refractivity contribution in [2.45, 2.75) is 57.6 Å². The number of nitrogens with zero attached hydrogens (tertiary/aromatic N) is 1. The van der Waals surface area contributed by atoms with Gasteiger partial charge in [0.05, 0.1) is 5.52 Å². The Balaban J connectivity index is 1.29. The van der Waals surface area contributed by atoms with Gasteiger partial charge in [-0.15, -0.1) is 0 Å². The molecule has 1 aliphatic heterocycles. The highest BCUT2D eigenvalue weighted by atomic mass is 16.5. The first-order valence-electron chi connectivity index (χ1n) is 11.9. The third-order valence-corrected chi connectivity index (χ3v) is 6.79. The number of aromatic nitrogens is 1. The lowest BCUT2D eigenvalue weighted by Crippen LogP contribution is -2.42. The topological polar surface area (TPSA) is 74.5 Å². The zero-order valence-corrected chi connectivity index (χ0v) is 18.7. The lowest BCUT2D eigenvalue weighted by atomic mass is 9.89. The average Bonchev–Trinajstić information content (AvgIpc) is 3.18. The predicted molar refractivity (Wildman–Crippen MR) is 129 cm³/mol. The summed E-state index contributed by atoms with van der Waals surface area (Å²) in [5.41, 5.74) is 8.51. The number of rotatable bonds is 10. The zero-order valence-electron chi connectivity index (χ0n) is 18.7. The lowest BCUT2D eigenvalue weighted by molar-refractivity contribution is 0.0710. The fourth-order valence-electron chi connectivity index (χ4n) is 4.86. The molecule has 1 unspecified atom stereocenters. The summed E-state index contributed by atoms with van der Waals surface area (Å²) < 4.78 is 6.07. The van der Waals surface area contributed by atoms with E-state index in [4.69, 9.17) is 10.5 Å². The van der Waals surface area contributed by atoms with E-state index in [-0.39, 0.29) is 12.6 Å². The number of benzene rings is 2. The molecule has 31 heavy (non-hydrogen) atoms. The van der Waals surface area contributed by atoms with Gasteiger partial charge in [-0.1, -0.05) is 44.0 Å². The highest BCUT2D eigenvalue weighted by Gasteiger charge is 2.24. The number of likely N-dealkylation sites (tertiary alicyclic amines) is 1. The van der Waals surface area contributed by atoms with Crippen molar-refractivity contribution in [3.63, 3.8) is 0 Å². The molecule has 2 aromatic carbocycles. The molecule has 1 fully saturated rings. The van der Waals surface area contributed by atoms with E-state index in [2.05, 4.69) is 35.0 Å². The highest BCUT2D eigenvalue weighted by molar-refractivity contribution is 6.10. The number of aromatic amines is 1. The van der Waals surface area contributed by atoms with E-state index in [9.17, 15) is 5.11 Å². The largest absolute Gasteiger partial charge is 0.490 e. The summed E-state index contributed by atoms with van der Waals surface area (Å²) >= 11 is 0. The van der Waals surface area contributed by atoms with E-state index in [0.29, 0.717) is 5.92 Å². The van der Waals surface area contributed by atoms with Crippen LogP contribution in [-0.2, 0) is 0 Å². The maximum absolute atomic E-state index is 10.7. The molecule has 0 amide bonds. The number of piperidine rings is 1. The quantitative estimate of drug-likeness (QED) is 0.414. The lowest BCUT2D eigenvalue weighted by Gasteiger charge is -2.33. The molecule has 2 atom stereocenters. The van der Waals surface area contributed by atoms with Crippen LogP contribution < -0.4 is 10.5 Å². The molecule has 1 aliphatic rings. The molecular weight excluding hydrogens is 386 g/mol. The van der Waals surface area contributed by atoms with Gasteiger partial charge in [-0.25, -0.2) is 0 Å². The van der Waals surface area contributed by atoms with Crippen LogP contribution in [0.2, 0.25) is 0 Å². The Morgan fingerprint density at radius 2 is 1.87 bits per heavy atom. The Labute approximate surface area is 185 Å². The fourth-order valence-corrected chi connectivity index (χ4v) is 4.86. The first kappa shape index (κ1) is 22.1. The average molecular weight is 424 g/mol. The van der Waals surface area contributed by atoms with Crippen molar-refractivity contribution >= 4 is 21.8 Å². The van der Waals surface area contributed by atoms with Crippen LogP contribution in [0, 0.1) is 5.92 Å². The van der Waals surface area contributed by atoms with Crippen LogP contribution in [0.25, 0.3) is 21.8 Å². The number of H-pyrrole nitrogens is 1. The Morgan fingerprint density at radius 1 is 1.10 bits per heavy atom.